The summed E-state index contributed by atoms with van der Waals surface area (Å²) in [4.78, 5) is 0. The third kappa shape index (κ3) is 3.68. The molecule has 0 bridgehead atoms. The zero-order valence-electron chi connectivity index (χ0n) is 11.7. The molecule has 5 nitrogen and oxygen atoms in total. The zero-order chi connectivity index (χ0) is 13.5. The Morgan fingerprint density at radius 2 is 2.00 bits per heavy atom. The highest BCUT2D eigenvalue weighted by molar-refractivity contribution is 7.87. The maximum absolute atomic E-state index is 12.3. The van der Waals surface area contributed by atoms with Crippen LogP contribution in [0.15, 0.2) is 0 Å². The van der Waals surface area contributed by atoms with Gasteiger partial charge in [-0.2, -0.15) is 17.4 Å². The summed E-state index contributed by atoms with van der Waals surface area (Å²) in [5.74, 6) is 0.470. The van der Waals surface area contributed by atoms with Crippen LogP contribution >= 0.6 is 0 Å². The lowest BCUT2D eigenvalue weighted by molar-refractivity contribution is 0.256. The minimum Gasteiger partial charge on any atom is -0.314 e. The van der Waals surface area contributed by atoms with E-state index in [-0.39, 0.29) is 5.54 Å². The number of piperidine rings is 1. The van der Waals surface area contributed by atoms with E-state index in [0.29, 0.717) is 25.0 Å². The van der Waals surface area contributed by atoms with E-state index in [1.807, 2.05) is 6.92 Å². The average Bonchev–Trinajstić information content (AvgIpc) is 3.25. The van der Waals surface area contributed by atoms with Crippen LogP contribution in [-0.2, 0) is 10.2 Å². The van der Waals surface area contributed by atoms with Gasteiger partial charge in [0.1, 0.15) is 0 Å². The average molecular weight is 287 g/mol. The molecule has 0 aromatic rings. The second-order valence-corrected chi connectivity index (χ2v) is 8.39. The molecule has 3 fully saturated rings. The van der Waals surface area contributed by atoms with Crippen molar-refractivity contribution in [3.63, 3.8) is 0 Å². The summed E-state index contributed by atoms with van der Waals surface area (Å²) in [7, 11) is -3.28. The standard InChI is InChI=1S/C13H25N3O2S/c1-13(6-7-13)15-19(17,18)16-8-2-3-11(10-16)9-14-12-4-5-12/h11-12,14-15H,2-10H2,1H3. The Kier molecular flexibility index (Phi) is 3.62. The Morgan fingerprint density at radius 1 is 1.26 bits per heavy atom. The van der Waals surface area contributed by atoms with Crippen LogP contribution in [-0.4, -0.2) is 43.9 Å². The molecule has 1 heterocycles. The van der Waals surface area contributed by atoms with Crippen molar-refractivity contribution in [3.8, 4) is 0 Å². The largest absolute Gasteiger partial charge is 0.314 e. The van der Waals surface area contributed by atoms with Crippen molar-refractivity contribution in [1.82, 2.24) is 14.3 Å². The van der Waals surface area contributed by atoms with Gasteiger partial charge >= 0.3 is 0 Å². The fourth-order valence-corrected chi connectivity index (χ4v) is 4.43. The van der Waals surface area contributed by atoms with Gasteiger partial charge < -0.3 is 5.32 Å². The Hall–Kier alpha value is -0.170. The Bertz CT molecular complexity index is 429. The lowest BCUT2D eigenvalue weighted by Crippen LogP contribution is -2.50. The van der Waals surface area contributed by atoms with Crippen molar-refractivity contribution in [2.24, 2.45) is 5.92 Å². The Labute approximate surface area is 116 Å². The van der Waals surface area contributed by atoms with Crippen molar-refractivity contribution in [3.05, 3.63) is 0 Å². The van der Waals surface area contributed by atoms with Crippen LogP contribution in [0.2, 0.25) is 0 Å². The van der Waals surface area contributed by atoms with E-state index in [1.54, 1.807) is 4.31 Å². The normalized spacial score (nSPS) is 31.3. The van der Waals surface area contributed by atoms with Gasteiger partial charge in [0.05, 0.1) is 0 Å². The summed E-state index contributed by atoms with van der Waals surface area (Å²) in [6, 6.07) is 0.704. The van der Waals surface area contributed by atoms with Crippen molar-refractivity contribution >= 4 is 10.2 Å². The number of hydrogen-bond acceptors (Lipinski definition) is 3. The van der Waals surface area contributed by atoms with E-state index in [1.165, 1.54) is 12.8 Å². The first-order valence-corrected chi connectivity index (χ1v) is 8.93. The third-order valence-electron chi connectivity index (χ3n) is 4.47. The molecule has 2 N–H and O–H groups in total. The van der Waals surface area contributed by atoms with E-state index in [4.69, 9.17) is 0 Å². The maximum atomic E-state index is 12.3. The van der Waals surface area contributed by atoms with E-state index in [2.05, 4.69) is 10.0 Å². The first kappa shape index (κ1) is 13.8. The molecule has 110 valence electrons. The van der Waals surface area contributed by atoms with E-state index in [0.717, 1.165) is 32.2 Å². The monoisotopic (exact) mass is 287 g/mol. The maximum Gasteiger partial charge on any atom is 0.279 e. The topological polar surface area (TPSA) is 61.4 Å². The Morgan fingerprint density at radius 3 is 2.63 bits per heavy atom. The van der Waals surface area contributed by atoms with Gasteiger partial charge in [-0.1, -0.05) is 0 Å². The van der Waals surface area contributed by atoms with Gasteiger partial charge in [-0.15, -0.1) is 0 Å². The molecule has 0 radical (unpaired) electrons. The quantitative estimate of drug-likeness (QED) is 0.761. The van der Waals surface area contributed by atoms with Gasteiger partial charge in [-0.25, -0.2) is 0 Å². The van der Waals surface area contributed by atoms with E-state index in [9.17, 15) is 8.42 Å². The summed E-state index contributed by atoms with van der Waals surface area (Å²) in [6.07, 6.45) is 6.63. The zero-order valence-corrected chi connectivity index (χ0v) is 12.5. The molecular weight excluding hydrogens is 262 g/mol. The summed E-state index contributed by atoms with van der Waals surface area (Å²) in [5.41, 5.74) is -0.169. The molecule has 0 amide bonds. The van der Waals surface area contributed by atoms with Gasteiger partial charge in [0.25, 0.3) is 10.2 Å². The third-order valence-corrected chi connectivity index (χ3v) is 6.23. The highest BCUT2D eigenvalue weighted by Gasteiger charge is 2.43. The van der Waals surface area contributed by atoms with Gasteiger partial charge in [0, 0.05) is 24.7 Å². The first-order valence-electron chi connectivity index (χ1n) is 7.49. The number of rotatable bonds is 6. The molecule has 6 heteroatoms. The van der Waals surface area contributed by atoms with Crippen molar-refractivity contribution < 1.29 is 8.42 Å². The lowest BCUT2D eigenvalue weighted by Gasteiger charge is -2.33. The van der Waals surface area contributed by atoms with Crippen LogP contribution in [0.25, 0.3) is 0 Å². The van der Waals surface area contributed by atoms with Gasteiger partial charge in [0.2, 0.25) is 0 Å². The van der Waals surface area contributed by atoms with Gasteiger partial charge in [-0.05, 0) is 57.9 Å². The summed E-state index contributed by atoms with van der Waals surface area (Å²) in [6.45, 7) is 4.30. The second-order valence-electron chi connectivity index (χ2n) is 6.72. The van der Waals surface area contributed by atoms with Crippen LogP contribution in [0.3, 0.4) is 0 Å². The summed E-state index contributed by atoms with van der Waals surface area (Å²) < 4.78 is 29.2. The molecule has 0 aromatic carbocycles. The highest BCUT2D eigenvalue weighted by Crippen LogP contribution is 2.35. The van der Waals surface area contributed by atoms with Crippen LogP contribution in [0.5, 0.6) is 0 Å². The fourth-order valence-electron chi connectivity index (χ4n) is 2.70. The molecule has 1 unspecified atom stereocenters. The van der Waals surface area contributed by atoms with Crippen LogP contribution in [0, 0.1) is 5.92 Å². The van der Waals surface area contributed by atoms with E-state index < -0.39 is 10.2 Å². The van der Waals surface area contributed by atoms with Crippen LogP contribution in [0.4, 0.5) is 0 Å². The minimum absolute atomic E-state index is 0.169. The molecule has 1 aliphatic heterocycles. The Balaban J connectivity index is 1.53. The van der Waals surface area contributed by atoms with Crippen molar-refractivity contribution in [2.45, 2.75) is 57.0 Å². The minimum atomic E-state index is -3.28. The highest BCUT2D eigenvalue weighted by atomic mass is 32.2. The van der Waals surface area contributed by atoms with Crippen molar-refractivity contribution in [1.29, 1.82) is 0 Å². The molecule has 1 saturated heterocycles. The summed E-state index contributed by atoms with van der Waals surface area (Å²) >= 11 is 0. The van der Waals surface area contributed by atoms with Gasteiger partial charge in [-0.3, -0.25) is 0 Å². The van der Waals surface area contributed by atoms with Crippen LogP contribution in [0.1, 0.15) is 45.4 Å². The molecular formula is C13H25N3O2S. The smallest absolute Gasteiger partial charge is 0.279 e. The molecule has 3 rings (SSSR count). The SMILES string of the molecule is CC1(NS(=O)(=O)N2CCCC(CNC3CC3)C2)CC1. The fraction of sp³-hybridized carbons (Fsp3) is 1.00. The van der Waals surface area contributed by atoms with Crippen molar-refractivity contribution in [2.75, 3.05) is 19.6 Å². The molecule has 1 atom stereocenters. The molecule has 3 aliphatic rings. The predicted molar refractivity (Wildman–Crippen MR) is 75.0 cm³/mol. The molecule has 0 aromatic heterocycles. The van der Waals surface area contributed by atoms with Gasteiger partial charge in [0.15, 0.2) is 0 Å². The number of hydrogen-bond donors (Lipinski definition) is 2. The molecule has 2 aliphatic carbocycles. The molecule has 2 saturated carbocycles. The predicted octanol–water partition coefficient (Wildman–Crippen LogP) is 0.837. The number of nitrogens with zero attached hydrogens (tertiary/aromatic N) is 1. The van der Waals surface area contributed by atoms with Crippen LogP contribution < -0.4 is 10.0 Å². The lowest BCUT2D eigenvalue weighted by atomic mass is 10.00. The first-order chi connectivity index (χ1) is 8.97. The number of nitrogens with one attached hydrogen (secondary N) is 2. The van der Waals surface area contributed by atoms with E-state index >= 15 is 0 Å². The molecule has 0 spiro atoms. The molecule has 19 heavy (non-hydrogen) atoms. The second kappa shape index (κ2) is 4.98. The summed E-state index contributed by atoms with van der Waals surface area (Å²) in [5, 5.41) is 3.52.